The highest BCUT2D eigenvalue weighted by molar-refractivity contribution is 7.46. The van der Waals surface area contributed by atoms with Crippen molar-refractivity contribution >= 4 is 7.82 Å². The molecule has 2 unspecified atom stereocenters. The van der Waals surface area contributed by atoms with Gasteiger partial charge in [0, 0.05) is 0 Å². The number of rotatable bonds is 6. The summed E-state index contributed by atoms with van der Waals surface area (Å²) in [5.74, 6) is 1.01. The summed E-state index contributed by atoms with van der Waals surface area (Å²) in [5, 5.41) is 0. The molecule has 0 rings (SSSR count). The van der Waals surface area contributed by atoms with Crippen molar-refractivity contribution in [2.45, 2.75) is 33.6 Å². The van der Waals surface area contributed by atoms with Gasteiger partial charge >= 0.3 is 7.82 Å². The Morgan fingerprint density at radius 2 is 1.85 bits per heavy atom. The first-order valence-corrected chi connectivity index (χ1v) is 6.10. The van der Waals surface area contributed by atoms with Crippen molar-refractivity contribution < 1.29 is 18.9 Å². The smallest absolute Gasteiger partial charge is 0.303 e. The van der Waals surface area contributed by atoms with Gasteiger partial charge in [0.05, 0.1) is 6.61 Å². The molecule has 0 aromatic heterocycles. The van der Waals surface area contributed by atoms with E-state index in [0.717, 1.165) is 6.42 Å². The summed E-state index contributed by atoms with van der Waals surface area (Å²) < 4.78 is 14.7. The maximum atomic E-state index is 10.3. The lowest BCUT2D eigenvalue weighted by Gasteiger charge is -2.17. The van der Waals surface area contributed by atoms with Crippen molar-refractivity contribution in [3.05, 3.63) is 0 Å². The van der Waals surface area contributed by atoms with Gasteiger partial charge in [-0.3, -0.25) is 4.52 Å². The van der Waals surface area contributed by atoms with Crippen LogP contribution >= 0.6 is 7.82 Å². The van der Waals surface area contributed by atoms with Gasteiger partial charge in [-0.15, -0.1) is 0 Å². The summed E-state index contributed by atoms with van der Waals surface area (Å²) in [4.78, 5) is 16.8. The summed E-state index contributed by atoms with van der Waals surface area (Å²) in [7, 11) is -4.26. The van der Waals surface area contributed by atoms with Gasteiger partial charge in [0.2, 0.25) is 0 Å². The third-order valence-corrected chi connectivity index (χ3v) is 2.97. The highest BCUT2D eigenvalue weighted by Crippen LogP contribution is 2.36. The summed E-state index contributed by atoms with van der Waals surface area (Å²) in [5.41, 5.74) is 0. The minimum Gasteiger partial charge on any atom is -0.303 e. The molecular formula is C8H19O4P. The minimum absolute atomic E-state index is 0.135. The van der Waals surface area contributed by atoms with Crippen molar-refractivity contribution in [2.24, 2.45) is 11.8 Å². The zero-order valence-electron chi connectivity index (χ0n) is 8.43. The molecule has 13 heavy (non-hydrogen) atoms. The molecule has 4 nitrogen and oxygen atoms in total. The Balaban J connectivity index is 3.59. The van der Waals surface area contributed by atoms with Crippen molar-refractivity contribution in [1.82, 2.24) is 0 Å². The molecular weight excluding hydrogens is 191 g/mol. The normalized spacial score (nSPS) is 17.0. The number of phosphoric acid groups is 1. The third-order valence-electron chi connectivity index (χ3n) is 2.45. The van der Waals surface area contributed by atoms with E-state index in [1.165, 1.54) is 0 Å². The first-order chi connectivity index (χ1) is 5.87. The van der Waals surface area contributed by atoms with E-state index in [0.29, 0.717) is 18.3 Å². The SMILES string of the molecule is CCC(C)C(C)CCOP(=O)(O)O. The van der Waals surface area contributed by atoms with E-state index in [-0.39, 0.29) is 6.61 Å². The maximum Gasteiger partial charge on any atom is 0.469 e. The van der Waals surface area contributed by atoms with Crippen LogP contribution in [0.4, 0.5) is 0 Å². The Hall–Kier alpha value is 0.110. The largest absolute Gasteiger partial charge is 0.469 e. The Bertz CT molecular complexity index is 177. The molecule has 0 saturated carbocycles. The summed E-state index contributed by atoms with van der Waals surface area (Å²) >= 11 is 0. The molecule has 0 amide bonds. The van der Waals surface area contributed by atoms with Crippen LogP contribution in [-0.2, 0) is 9.09 Å². The molecule has 2 N–H and O–H groups in total. The van der Waals surface area contributed by atoms with E-state index < -0.39 is 7.82 Å². The Kier molecular flexibility index (Phi) is 5.81. The van der Waals surface area contributed by atoms with E-state index in [9.17, 15) is 4.57 Å². The molecule has 0 radical (unpaired) electrons. The molecule has 0 aliphatic heterocycles. The lowest BCUT2D eigenvalue weighted by molar-refractivity contribution is 0.177. The molecule has 0 saturated heterocycles. The van der Waals surface area contributed by atoms with Crippen LogP contribution < -0.4 is 0 Å². The predicted molar refractivity (Wildman–Crippen MR) is 51.2 cm³/mol. The van der Waals surface area contributed by atoms with Gasteiger partial charge in [-0.05, 0) is 18.3 Å². The molecule has 0 aromatic rings. The van der Waals surface area contributed by atoms with Gasteiger partial charge in [0.25, 0.3) is 0 Å². The van der Waals surface area contributed by atoms with Crippen LogP contribution in [0.2, 0.25) is 0 Å². The number of phosphoric ester groups is 1. The minimum atomic E-state index is -4.26. The molecule has 0 spiro atoms. The molecule has 0 bridgehead atoms. The topological polar surface area (TPSA) is 66.8 Å². The van der Waals surface area contributed by atoms with Crippen LogP contribution in [0.25, 0.3) is 0 Å². The quantitative estimate of drug-likeness (QED) is 0.659. The van der Waals surface area contributed by atoms with Crippen LogP contribution in [0.1, 0.15) is 33.6 Å². The van der Waals surface area contributed by atoms with Crippen molar-refractivity contribution in [3.63, 3.8) is 0 Å². The van der Waals surface area contributed by atoms with Crippen molar-refractivity contribution in [1.29, 1.82) is 0 Å². The second-order valence-electron chi connectivity index (χ2n) is 3.48. The number of hydrogen-bond donors (Lipinski definition) is 2. The Morgan fingerprint density at radius 3 is 2.23 bits per heavy atom. The van der Waals surface area contributed by atoms with Gasteiger partial charge in [-0.2, -0.15) is 0 Å². The second kappa shape index (κ2) is 5.76. The maximum absolute atomic E-state index is 10.3. The summed E-state index contributed by atoms with van der Waals surface area (Å²) in [6, 6.07) is 0. The lowest BCUT2D eigenvalue weighted by atomic mass is 9.91. The van der Waals surface area contributed by atoms with Gasteiger partial charge in [0.1, 0.15) is 0 Å². The predicted octanol–water partition coefficient (Wildman–Crippen LogP) is 2.17. The first kappa shape index (κ1) is 13.1. The van der Waals surface area contributed by atoms with Gasteiger partial charge in [0.15, 0.2) is 0 Å². The fraction of sp³-hybridized carbons (Fsp3) is 1.00. The lowest BCUT2D eigenvalue weighted by Crippen LogP contribution is -2.09. The molecule has 2 atom stereocenters. The summed E-state index contributed by atoms with van der Waals surface area (Å²) in [6.07, 6.45) is 1.77. The standard InChI is InChI=1S/C8H19O4P/c1-4-7(2)8(3)5-6-12-13(9,10)11/h7-8H,4-6H2,1-3H3,(H2,9,10,11). The van der Waals surface area contributed by atoms with Crippen LogP contribution in [0, 0.1) is 11.8 Å². The average molecular weight is 210 g/mol. The van der Waals surface area contributed by atoms with Crippen LogP contribution in [0.3, 0.4) is 0 Å². The molecule has 0 aromatic carbocycles. The highest BCUT2D eigenvalue weighted by Gasteiger charge is 2.15. The molecule has 0 aliphatic carbocycles. The van der Waals surface area contributed by atoms with Crippen LogP contribution in [0.5, 0.6) is 0 Å². The van der Waals surface area contributed by atoms with E-state index in [1.54, 1.807) is 0 Å². The molecule has 5 heteroatoms. The summed E-state index contributed by atoms with van der Waals surface area (Å²) in [6.45, 7) is 6.43. The first-order valence-electron chi connectivity index (χ1n) is 4.57. The van der Waals surface area contributed by atoms with Crippen molar-refractivity contribution in [2.75, 3.05) is 6.61 Å². The monoisotopic (exact) mass is 210 g/mol. The van der Waals surface area contributed by atoms with Crippen molar-refractivity contribution in [3.8, 4) is 0 Å². The van der Waals surface area contributed by atoms with E-state index >= 15 is 0 Å². The molecule has 0 heterocycles. The van der Waals surface area contributed by atoms with E-state index in [4.69, 9.17) is 9.79 Å². The fourth-order valence-corrected chi connectivity index (χ4v) is 1.39. The average Bonchev–Trinajstić information content (AvgIpc) is 2.00. The van der Waals surface area contributed by atoms with Crippen LogP contribution in [0.15, 0.2) is 0 Å². The number of hydrogen-bond acceptors (Lipinski definition) is 2. The molecule has 80 valence electrons. The van der Waals surface area contributed by atoms with E-state index in [1.807, 2.05) is 0 Å². The van der Waals surface area contributed by atoms with Gasteiger partial charge < -0.3 is 9.79 Å². The fourth-order valence-electron chi connectivity index (χ4n) is 1.04. The third kappa shape index (κ3) is 7.20. The Morgan fingerprint density at radius 1 is 1.31 bits per heavy atom. The zero-order chi connectivity index (χ0) is 10.5. The second-order valence-corrected chi connectivity index (χ2v) is 4.71. The Labute approximate surface area is 79.5 Å². The molecule has 0 fully saturated rings. The van der Waals surface area contributed by atoms with Crippen LogP contribution in [-0.4, -0.2) is 16.4 Å². The molecule has 0 aliphatic rings. The van der Waals surface area contributed by atoms with Gasteiger partial charge in [-0.25, -0.2) is 4.57 Å². The highest BCUT2D eigenvalue weighted by atomic mass is 31.2. The van der Waals surface area contributed by atoms with Gasteiger partial charge in [-0.1, -0.05) is 27.2 Å². The van der Waals surface area contributed by atoms with E-state index in [2.05, 4.69) is 25.3 Å². The zero-order valence-corrected chi connectivity index (χ0v) is 9.33.